The molecular formula is C17H22N2O2. The summed E-state index contributed by atoms with van der Waals surface area (Å²) in [5.74, 6) is 0.842. The summed E-state index contributed by atoms with van der Waals surface area (Å²) in [5, 5.41) is 3.60. The maximum absolute atomic E-state index is 5.78. The number of hydrogen-bond donors (Lipinski definition) is 1. The number of rotatable bonds is 3. The zero-order chi connectivity index (χ0) is 14.8. The van der Waals surface area contributed by atoms with E-state index in [4.69, 9.17) is 9.15 Å². The first-order chi connectivity index (χ1) is 10.1. The average molecular weight is 286 g/mol. The second-order valence-corrected chi connectivity index (χ2v) is 5.91. The van der Waals surface area contributed by atoms with Crippen molar-refractivity contribution < 1.29 is 9.15 Å². The molecule has 0 bridgehead atoms. The van der Waals surface area contributed by atoms with Crippen molar-refractivity contribution in [3.8, 4) is 11.3 Å². The lowest BCUT2D eigenvalue weighted by molar-refractivity contribution is -0.0337. The summed E-state index contributed by atoms with van der Waals surface area (Å²) in [4.78, 5) is 4.13. The van der Waals surface area contributed by atoms with Crippen LogP contribution in [0.1, 0.15) is 32.4 Å². The fourth-order valence-electron chi connectivity index (χ4n) is 3.06. The molecule has 0 saturated carbocycles. The lowest BCUT2D eigenvalue weighted by Gasteiger charge is -2.33. The number of anilines is 1. The highest BCUT2D eigenvalue weighted by atomic mass is 16.5. The highest BCUT2D eigenvalue weighted by Gasteiger charge is 2.24. The van der Waals surface area contributed by atoms with Gasteiger partial charge in [-0.2, -0.15) is 0 Å². The molecule has 0 amide bonds. The third-order valence-electron chi connectivity index (χ3n) is 3.96. The van der Waals surface area contributed by atoms with Crippen LogP contribution in [0.15, 0.2) is 35.1 Å². The van der Waals surface area contributed by atoms with Crippen LogP contribution in [0.5, 0.6) is 0 Å². The first-order valence-electron chi connectivity index (χ1n) is 7.54. The summed E-state index contributed by atoms with van der Waals surface area (Å²) in [6.45, 7) is 6.23. The summed E-state index contributed by atoms with van der Waals surface area (Å²) >= 11 is 0. The molecule has 1 saturated heterocycles. The first-order valence-corrected chi connectivity index (χ1v) is 7.54. The monoisotopic (exact) mass is 286 g/mol. The second-order valence-electron chi connectivity index (χ2n) is 5.91. The van der Waals surface area contributed by atoms with E-state index >= 15 is 0 Å². The Morgan fingerprint density at radius 3 is 2.33 bits per heavy atom. The molecule has 1 aliphatic heterocycles. The van der Waals surface area contributed by atoms with Crippen molar-refractivity contribution in [3.63, 3.8) is 0 Å². The minimum Gasteiger partial charge on any atom is -0.443 e. The van der Waals surface area contributed by atoms with Crippen LogP contribution in [0, 0.1) is 6.92 Å². The Balaban J connectivity index is 1.69. The fraction of sp³-hybridized carbons (Fsp3) is 0.471. The minimum atomic E-state index is 0.322. The van der Waals surface area contributed by atoms with Gasteiger partial charge < -0.3 is 14.5 Å². The van der Waals surface area contributed by atoms with Gasteiger partial charge in [0.05, 0.1) is 17.9 Å². The van der Waals surface area contributed by atoms with Crippen molar-refractivity contribution in [2.75, 3.05) is 5.32 Å². The van der Waals surface area contributed by atoms with Crippen LogP contribution in [0.25, 0.3) is 11.3 Å². The van der Waals surface area contributed by atoms with Gasteiger partial charge in [-0.1, -0.05) is 0 Å². The van der Waals surface area contributed by atoms with Gasteiger partial charge in [0, 0.05) is 17.3 Å². The van der Waals surface area contributed by atoms with Crippen molar-refractivity contribution in [3.05, 3.63) is 36.4 Å². The molecule has 4 heteroatoms. The molecule has 2 aromatic rings. The van der Waals surface area contributed by atoms with Gasteiger partial charge in [-0.05, 0) is 57.9 Å². The van der Waals surface area contributed by atoms with Crippen LogP contribution in [0.4, 0.5) is 5.69 Å². The van der Waals surface area contributed by atoms with Gasteiger partial charge >= 0.3 is 0 Å². The molecule has 1 N–H and O–H groups in total. The molecule has 1 fully saturated rings. The van der Waals surface area contributed by atoms with Crippen molar-refractivity contribution in [2.45, 2.75) is 51.9 Å². The topological polar surface area (TPSA) is 47.3 Å². The maximum atomic E-state index is 5.78. The fourth-order valence-corrected chi connectivity index (χ4v) is 3.06. The molecular weight excluding hydrogens is 264 g/mol. The Bertz CT molecular complexity index is 581. The molecule has 0 spiro atoms. The third-order valence-corrected chi connectivity index (χ3v) is 3.96. The Kier molecular flexibility index (Phi) is 3.97. The van der Waals surface area contributed by atoms with Crippen molar-refractivity contribution in [1.82, 2.24) is 4.98 Å². The summed E-state index contributed by atoms with van der Waals surface area (Å²) in [7, 11) is 0. The van der Waals surface area contributed by atoms with E-state index in [0.29, 0.717) is 18.2 Å². The molecule has 0 aliphatic carbocycles. The van der Waals surface area contributed by atoms with Gasteiger partial charge in [0.2, 0.25) is 0 Å². The van der Waals surface area contributed by atoms with Gasteiger partial charge in [0.25, 0.3) is 0 Å². The van der Waals surface area contributed by atoms with E-state index in [1.807, 2.05) is 6.92 Å². The normalized spacial score (nSPS) is 25.8. The highest BCUT2D eigenvalue weighted by Crippen LogP contribution is 2.26. The smallest absolute Gasteiger partial charge is 0.181 e. The van der Waals surface area contributed by atoms with Crippen LogP contribution >= 0.6 is 0 Å². The molecule has 3 rings (SSSR count). The molecule has 1 aromatic carbocycles. The number of hydrogen-bond acceptors (Lipinski definition) is 4. The Labute approximate surface area is 125 Å². The summed E-state index contributed by atoms with van der Waals surface area (Å²) in [6, 6.07) is 8.82. The Hall–Kier alpha value is -1.81. The van der Waals surface area contributed by atoms with Gasteiger partial charge in [-0.15, -0.1) is 0 Å². The van der Waals surface area contributed by atoms with E-state index in [0.717, 1.165) is 35.5 Å². The molecule has 1 aromatic heterocycles. The molecule has 4 nitrogen and oxygen atoms in total. The molecule has 2 heterocycles. The Morgan fingerprint density at radius 1 is 1.10 bits per heavy atom. The third kappa shape index (κ3) is 3.27. The van der Waals surface area contributed by atoms with E-state index in [9.17, 15) is 0 Å². The van der Waals surface area contributed by atoms with E-state index < -0.39 is 0 Å². The quantitative estimate of drug-likeness (QED) is 0.925. The lowest BCUT2D eigenvalue weighted by Crippen LogP contribution is -2.36. The molecule has 112 valence electrons. The zero-order valence-electron chi connectivity index (χ0n) is 12.8. The van der Waals surface area contributed by atoms with Crippen LogP contribution in [0.2, 0.25) is 0 Å². The van der Waals surface area contributed by atoms with Crippen LogP contribution in [-0.2, 0) is 4.74 Å². The standard InChI is InChI=1S/C17H22N2O2/c1-11-8-16(9-12(2)21-11)19-15-6-4-14(5-7-15)17-13(3)18-10-20-17/h4-7,10-12,16,19H,8-9H2,1-3H3/t11-,12+,16?. The van der Waals surface area contributed by atoms with Crippen LogP contribution < -0.4 is 5.32 Å². The summed E-state index contributed by atoms with van der Waals surface area (Å²) < 4.78 is 11.2. The van der Waals surface area contributed by atoms with Gasteiger partial charge in [-0.3, -0.25) is 0 Å². The second kappa shape index (κ2) is 5.90. The minimum absolute atomic E-state index is 0.322. The lowest BCUT2D eigenvalue weighted by atomic mass is 9.99. The summed E-state index contributed by atoms with van der Waals surface area (Å²) in [6.07, 6.45) is 4.23. The predicted molar refractivity (Wildman–Crippen MR) is 83.3 cm³/mol. The highest BCUT2D eigenvalue weighted by molar-refractivity contribution is 5.63. The van der Waals surface area contributed by atoms with Gasteiger partial charge in [-0.25, -0.2) is 4.98 Å². The number of benzene rings is 1. The number of nitrogens with one attached hydrogen (secondary N) is 1. The number of aryl methyl sites for hydroxylation is 1. The molecule has 3 atom stereocenters. The molecule has 21 heavy (non-hydrogen) atoms. The predicted octanol–water partition coefficient (Wildman–Crippen LogP) is 4.02. The number of oxazole rings is 1. The van der Waals surface area contributed by atoms with Crippen molar-refractivity contribution >= 4 is 5.69 Å². The molecule has 1 unspecified atom stereocenters. The van der Waals surface area contributed by atoms with Crippen LogP contribution in [0.3, 0.4) is 0 Å². The van der Waals surface area contributed by atoms with E-state index in [-0.39, 0.29) is 0 Å². The molecule has 0 radical (unpaired) electrons. The van der Waals surface area contributed by atoms with Gasteiger partial charge in [0.1, 0.15) is 0 Å². The summed E-state index contributed by atoms with van der Waals surface area (Å²) in [5.41, 5.74) is 3.12. The maximum Gasteiger partial charge on any atom is 0.181 e. The average Bonchev–Trinajstić information content (AvgIpc) is 2.85. The largest absolute Gasteiger partial charge is 0.443 e. The molecule has 1 aliphatic rings. The number of nitrogens with zero attached hydrogens (tertiary/aromatic N) is 1. The van der Waals surface area contributed by atoms with Gasteiger partial charge in [0.15, 0.2) is 12.2 Å². The van der Waals surface area contributed by atoms with Crippen molar-refractivity contribution in [1.29, 1.82) is 0 Å². The van der Waals surface area contributed by atoms with Crippen LogP contribution in [-0.4, -0.2) is 23.2 Å². The van der Waals surface area contributed by atoms with E-state index in [1.54, 1.807) is 0 Å². The zero-order valence-corrected chi connectivity index (χ0v) is 12.8. The number of ether oxygens (including phenoxy) is 1. The SMILES string of the molecule is Cc1ncoc1-c1ccc(NC2C[C@@H](C)O[C@@H](C)C2)cc1. The first kappa shape index (κ1) is 14.1. The number of aromatic nitrogens is 1. The van der Waals surface area contributed by atoms with E-state index in [1.165, 1.54) is 6.39 Å². The van der Waals surface area contributed by atoms with E-state index in [2.05, 4.69) is 48.4 Å². The Morgan fingerprint density at radius 2 is 1.76 bits per heavy atom. The van der Waals surface area contributed by atoms with Crippen molar-refractivity contribution in [2.24, 2.45) is 0 Å².